The molecule has 2 unspecified atom stereocenters. The van der Waals surface area contributed by atoms with E-state index in [-0.39, 0.29) is 23.2 Å². The van der Waals surface area contributed by atoms with E-state index in [0.29, 0.717) is 0 Å². The van der Waals surface area contributed by atoms with Crippen molar-refractivity contribution in [3.8, 4) is 0 Å². The molecule has 1 aromatic rings. The third-order valence-electron chi connectivity index (χ3n) is 3.66. The van der Waals surface area contributed by atoms with Gasteiger partial charge in [0.15, 0.2) is 0 Å². The van der Waals surface area contributed by atoms with Crippen LogP contribution in [0.4, 0.5) is 10.1 Å². The molecule has 1 aromatic carbocycles. The summed E-state index contributed by atoms with van der Waals surface area (Å²) in [5.41, 5.74) is -1.31. The Morgan fingerprint density at radius 2 is 2.05 bits per heavy atom. The van der Waals surface area contributed by atoms with Crippen molar-refractivity contribution in [3.63, 3.8) is 0 Å². The maximum absolute atomic E-state index is 13.5. The first-order valence-electron chi connectivity index (χ1n) is 6.94. The zero-order valence-corrected chi connectivity index (χ0v) is 13.5. The predicted octanol–water partition coefficient (Wildman–Crippen LogP) is 2.33. The largest absolute Gasteiger partial charge is 0.388 e. The van der Waals surface area contributed by atoms with Gasteiger partial charge >= 0.3 is 11.8 Å². The lowest BCUT2D eigenvalue weighted by Crippen LogP contribution is -2.47. The second-order valence-electron chi connectivity index (χ2n) is 5.43. The van der Waals surface area contributed by atoms with Gasteiger partial charge in [-0.25, -0.2) is 4.39 Å². The van der Waals surface area contributed by atoms with Crippen LogP contribution in [-0.2, 0) is 9.59 Å². The number of hydrogen-bond acceptors (Lipinski definition) is 3. The lowest BCUT2D eigenvalue weighted by molar-refractivity contribution is -0.137. The molecular formula is C15H20ClFN2O3. The highest BCUT2D eigenvalue weighted by Crippen LogP contribution is 2.20. The molecule has 0 aromatic heterocycles. The maximum Gasteiger partial charge on any atom is 0.313 e. The van der Waals surface area contributed by atoms with Crippen LogP contribution in [0.2, 0.25) is 5.02 Å². The van der Waals surface area contributed by atoms with Crippen LogP contribution in [0.1, 0.15) is 27.2 Å². The standard InChI is InChI=1S/C15H20ClFN2O3/c1-4-9(2)15(3,22)8-18-13(20)14(21)19-12-7-10(16)5-6-11(12)17/h5-7,9,22H,4,8H2,1-3H3,(H,18,20)(H,19,21). The van der Waals surface area contributed by atoms with Crippen molar-refractivity contribution < 1.29 is 19.1 Å². The topological polar surface area (TPSA) is 78.4 Å². The maximum atomic E-state index is 13.5. The lowest BCUT2D eigenvalue weighted by atomic mass is 9.89. The van der Waals surface area contributed by atoms with Crippen LogP contribution in [0, 0.1) is 11.7 Å². The number of anilines is 1. The van der Waals surface area contributed by atoms with Crippen molar-refractivity contribution in [2.45, 2.75) is 32.8 Å². The molecule has 0 fully saturated rings. The summed E-state index contributed by atoms with van der Waals surface area (Å²) in [4.78, 5) is 23.4. The van der Waals surface area contributed by atoms with Gasteiger partial charge in [-0.3, -0.25) is 9.59 Å². The third kappa shape index (κ3) is 4.96. The van der Waals surface area contributed by atoms with Gasteiger partial charge in [0.1, 0.15) is 5.82 Å². The first-order valence-corrected chi connectivity index (χ1v) is 7.31. The number of halogens is 2. The molecule has 22 heavy (non-hydrogen) atoms. The fourth-order valence-electron chi connectivity index (χ4n) is 1.73. The molecule has 1 rings (SSSR count). The van der Waals surface area contributed by atoms with Gasteiger partial charge in [0.2, 0.25) is 0 Å². The van der Waals surface area contributed by atoms with Crippen LogP contribution in [-0.4, -0.2) is 29.1 Å². The minimum absolute atomic E-state index is 0.0544. The molecular weight excluding hydrogens is 311 g/mol. The molecule has 2 atom stereocenters. The molecule has 3 N–H and O–H groups in total. The van der Waals surface area contributed by atoms with E-state index in [1.807, 2.05) is 13.8 Å². The van der Waals surface area contributed by atoms with Gasteiger partial charge in [-0.05, 0) is 31.0 Å². The molecule has 2 amide bonds. The first kappa shape index (κ1) is 18.4. The van der Waals surface area contributed by atoms with Gasteiger partial charge in [-0.1, -0.05) is 31.9 Å². The lowest BCUT2D eigenvalue weighted by Gasteiger charge is -2.29. The molecule has 0 radical (unpaired) electrons. The summed E-state index contributed by atoms with van der Waals surface area (Å²) in [6.07, 6.45) is 0.725. The van der Waals surface area contributed by atoms with Gasteiger partial charge in [0, 0.05) is 11.6 Å². The molecule has 0 aliphatic rings. The number of carbonyl (C=O) groups is 2. The molecule has 122 valence electrons. The summed E-state index contributed by atoms with van der Waals surface area (Å²) >= 11 is 5.70. The zero-order chi connectivity index (χ0) is 16.9. The average Bonchev–Trinajstić information content (AvgIpc) is 2.47. The summed E-state index contributed by atoms with van der Waals surface area (Å²) in [5.74, 6) is -2.73. The van der Waals surface area contributed by atoms with Crippen molar-refractivity contribution >= 4 is 29.1 Å². The molecule has 0 bridgehead atoms. The van der Waals surface area contributed by atoms with E-state index in [1.54, 1.807) is 6.92 Å². The number of rotatable bonds is 5. The van der Waals surface area contributed by atoms with Gasteiger partial charge in [-0.2, -0.15) is 0 Å². The number of aliphatic hydroxyl groups is 1. The summed E-state index contributed by atoms with van der Waals surface area (Å²) in [6, 6.07) is 3.62. The quantitative estimate of drug-likeness (QED) is 0.725. The summed E-state index contributed by atoms with van der Waals surface area (Å²) in [5, 5.41) is 14.9. The Labute approximate surface area is 133 Å². The number of nitrogens with one attached hydrogen (secondary N) is 2. The molecule has 5 nitrogen and oxygen atoms in total. The van der Waals surface area contributed by atoms with E-state index in [1.165, 1.54) is 12.1 Å². The van der Waals surface area contributed by atoms with Crippen LogP contribution >= 0.6 is 11.6 Å². The van der Waals surface area contributed by atoms with Crippen LogP contribution in [0.5, 0.6) is 0 Å². The molecule has 0 heterocycles. The van der Waals surface area contributed by atoms with E-state index >= 15 is 0 Å². The molecule has 0 aliphatic heterocycles. The molecule has 0 aliphatic carbocycles. The Morgan fingerprint density at radius 1 is 1.41 bits per heavy atom. The number of carbonyl (C=O) groups excluding carboxylic acids is 2. The summed E-state index contributed by atoms with van der Waals surface area (Å²) in [7, 11) is 0. The second kappa shape index (κ2) is 7.56. The van der Waals surface area contributed by atoms with E-state index in [0.717, 1.165) is 12.5 Å². The molecule has 0 saturated carbocycles. The van der Waals surface area contributed by atoms with Crippen LogP contribution in [0.3, 0.4) is 0 Å². The normalized spacial score (nSPS) is 14.8. The van der Waals surface area contributed by atoms with Gasteiger partial charge < -0.3 is 15.7 Å². The molecule has 0 saturated heterocycles. The minimum Gasteiger partial charge on any atom is -0.388 e. The van der Waals surface area contributed by atoms with Gasteiger partial charge in [-0.15, -0.1) is 0 Å². The van der Waals surface area contributed by atoms with Crippen LogP contribution in [0.25, 0.3) is 0 Å². The second-order valence-corrected chi connectivity index (χ2v) is 5.86. The number of amides is 2. The SMILES string of the molecule is CCC(C)C(C)(O)CNC(=O)C(=O)Nc1cc(Cl)ccc1F. The number of hydrogen-bond donors (Lipinski definition) is 3. The monoisotopic (exact) mass is 330 g/mol. The van der Waals surface area contributed by atoms with Crippen LogP contribution < -0.4 is 10.6 Å². The Morgan fingerprint density at radius 3 is 2.64 bits per heavy atom. The van der Waals surface area contributed by atoms with Gasteiger partial charge in [0.05, 0.1) is 11.3 Å². The average molecular weight is 331 g/mol. The Balaban J connectivity index is 2.63. The van der Waals surface area contributed by atoms with Crippen LogP contribution in [0.15, 0.2) is 18.2 Å². The number of benzene rings is 1. The fraction of sp³-hybridized carbons (Fsp3) is 0.467. The molecule has 0 spiro atoms. The fourth-order valence-corrected chi connectivity index (χ4v) is 1.90. The smallest absolute Gasteiger partial charge is 0.313 e. The van der Waals surface area contributed by atoms with Crippen molar-refractivity contribution in [3.05, 3.63) is 29.0 Å². The Bertz CT molecular complexity index is 564. The van der Waals surface area contributed by atoms with E-state index in [9.17, 15) is 19.1 Å². The minimum atomic E-state index is -1.13. The van der Waals surface area contributed by atoms with Gasteiger partial charge in [0.25, 0.3) is 0 Å². The summed E-state index contributed by atoms with van der Waals surface area (Å²) < 4.78 is 13.5. The van der Waals surface area contributed by atoms with Crippen molar-refractivity contribution in [1.29, 1.82) is 0 Å². The zero-order valence-electron chi connectivity index (χ0n) is 12.7. The Kier molecular flexibility index (Phi) is 6.32. The van der Waals surface area contributed by atoms with Crippen molar-refractivity contribution in [2.24, 2.45) is 5.92 Å². The highest BCUT2D eigenvalue weighted by Gasteiger charge is 2.28. The van der Waals surface area contributed by atoms with E-state index < -0.39 is 23.2 Å². The predicted molar refractivity (Wildman–Crippen MR) is 83.1 cm³/mol. The highest BCUT2D eigenvalue weighted by atomic mass is 35.5. The van der Waals surface area contributed by atoms with Crippen molar-refractivity contribution in [1.82, 2.24) is 5.32 Å². The Hall–Kier alpha value is -1.66. The molecule has 7 heteroatoms. The third-order valence-corrected chi connectivity index (χ3v) is 3.90. The highest BCUT2D eigenvalue weighted by molar-refractivity contribution is 6.39. The van der Waals surface area contributed by atoms with E-state index in [4.69, 9.17) is 11.6 Å². The summed E-state index contributed by atoms with van der Waals surface area (Å²) in [6.45, 7) is 5.26. The van der Waals surface area contributed by atoms with Crippen molar-refractivity contribution in [2.75, 3.05) is 11.9 Å². The first-order chi connectivity index (χ1) is 10.2. The van der Waals surface area contributed by atoms with E-state index in [2.05, 4.69) is 10.6 Å².